The molecule has 0 aliphatic carbocycles. The molecule has 130 valence electrons. The second-order valence-corrected chi connectivity index (χ2v) is 6.79. The van der Waals surface area contributed by atoms with Crippen LogP contribution in [0.25, 0.3) is 10.9 Å². The highest BCUT2D eigenvalue weighted by molar-refractivity contribution is 9.10. The average Bonchev–Trinajstić information content (AvgIpc) is 2.69. The Bertz CT molecular complexity index is 1150. The first kappa shape index (κ1) is 17.0. The van der Waals surface area contributed by atoms with Crippen LogP contribution in [0.15, 0.2) is 77.5 Å². The molecule has 2 aromatic heterocycles. The van der Waals surface area contributed by atoms with Gasteiger partial charge < -0.3 is 10.6 Å². The van der Waals surface area contributed by atoms with Gasteiger partial charge in [-0.15, -0.1) is 0 Å². The Morgan fingerprint density at radius 1 is 0.852 bits per heavy atom. The van der Waals surface area contributed by atoms with Gasteiger partial charge in [0.05, 0.1) is 23.0 Å². The maximum absolute atomic E-state index is 9.54. The van der Waals surface area contributed by atoms with Crippen LogP contribution < -0.4 is 10.6 Å². The second kappa shape index (κ2) is 7.44. The lowest BCUT2D eigenvalue weighted by Crippen LogP contribution is -1.99. The highest BCUT2D eigenvalue weighted by Crippen LogP contribution is 2.31. The molecule has 6 heteroatoms. The molecule has 0 aliphatic rings. The Balaban J connectivity index is 1.80. The van der Waals surface area contributed by atoms with Crippen LogP contribution in [0.1, 0.15) is 5.56 Å². The fourth-order valence-electron chi connectivity index (χ4n) is 2.76. The summed E-state index contributed by atoms with van der Waals surface area (Å²) >= 11 is 3.47. The number of anilines is 4. The maximum atomic E-state index is 9.54. The van der Waals surface area contributed by atoms with Crippen LogP contribution in [0, 0.1) is 11.3 Å². The van der Waals surface area contributed by atoms with E-state index in [2.05, 4.69) is 42.6 Å². The van der Waals surface area contributed by atoms with E-state index < -0.39 is 0 Å². The van der Waals surface area contributed by atoms with Gasteiger partial charge in [-0.3, -0.25) is 4.98 Å². The summed E-state index contributed by atoms with van der Waals surface area (Å²) in [6.07, 6.45) is 3.27. The summed E-state index contributed by atoms with van der Waals surface area (Å²) in [5.74, 6) is 0.683. The zero-order chi connectivity index (χ0) is 18.6. The normalized spacial score (nSPS) is 10.4. The van der Waals surface area contributed by atoms with Crippen molar-refractivity contribution >= 4 is 49.7 Å². The third-order valence-corrected chi connectivity index (χ3v) is 4.51. The van der Waals surface area contributed by atoms with Crippen molar-refractivity contribution in [1.82, 2.24) is 9.97 Å². The molecule has 0 unspecified atom stereocenters. The molecule has 0 spiro atoms. The van der Waals surface area contributed by atoms with E-state index in [1.807, 2.05) is 60.7 Å². The van der Waals surface area contributed by atoms with Crippen molar-refractivity contribution in [3.05, 3.63) is 83.1 Å². The van der Waals surface area contributed by atoms with Crippen molar-refractivity contribution in [1.29, 1.82) is 5.26 Å². The topological polar surface area (TPSA) is 73.6 Å². The van der Waals surface area contributed by atoms with Crippen molar-refractivity contribution in [3.8, 4) is 6.07 Å². The Kier molecular flexibility index (Phi) is 4.69. The van der Waals surface area contributed by atoms with Gasteiger partial charge in [-0.2, -0.15) is 5.26 Å². The molecular weight excluding hydrogens is 402 g/mol. The van der Waals surface area contributed by atoms with Crippen molar-refractivity contribution in [3.63, 3.8) is 0 Å². The number of hydrogen-bond donors (Lipinski definition) is 2. The standard InChI is InChI=1S/C21H14BrN5/c22-15-5-4-8-17(9-15)27-21-14(11-23)12-24-19-13-25-20(10-18(19)21)26-16-6-2-1-3-7-16/h1-10,12-13H,(H,24,27)(H,25,26). The van der Waals surface area contributed by atoms with Crippen LogP contribution in [-0.2, 0) is 0 Å². The summed E-state index contributed by atoms with van der Waals surface area (Å²) in [7, 11) is 0. The Labute approximate surface area is 164 Å². The lowest BCUT2D eigenvalue weighted by molar-refractivity contribution is 1.29. The van der Waals surface area contributed by atoms with Crippen LogP contribution in [-0.4, -0.2) is 9.97 Å². The summed E-state index contributed by atoms with van der Waals surface area (Å²) in [5.41, 5.74) is 3.71. The van der Waals surface area contributed by atoms with Crippen LogP contribution in [0.5, 0.6) is 0 Å². The molecule has 0 saturated carbocycles. The Morgan fingerprint density at radius 3 is 2.44 bits per heavy atom. The molecule has 2 heterocycles. The molecule has 27 heavy (non-hydrogen) atoms. The number of nitriles is 1. The van der Waals surface area contributed by atoms with Gasteiger partial charge in [-0.05, 0) is 36.4 Å². The van der Waals surface area contributed by atoms with E-state index >= 15 is 0 Å². The number of nitrogens with zero attached hydrogens (tertiary/aromatic N) is 3. The van der Waals surface area contributed by atoms with Crippen LogP contribution in [0.4, 0.5) is 22.9 Å². The second-order valence-electron chi connectivity index (χ2n) is 5.87. The molecule has 0 atom stereocenters. The van der Waals surface area contributed by atoms with E-state index in [9.17, 15) is 5.26 Å². The minimum atomic E-state index is 0.472. The summed E-state index contributed by atoms with van der Waals surface area (Å²) < 4.78 is 0.956. The smallest absolute Gasteiger partial charge is 0.131 e. The number of pyridine rings is 2. The van der Waals surface area contributed by atoms with E-state index in [0.717, 1.165) is 21.2 Å². The first-order valence-corrected chi connectivity index (χ1v) is 9.06. The van der Waals surface area contributed by atoms with Crippen LogP contribution >= 0.6 is 15.9 Å². The number of aromatic nitrogens is 2. The zero-order valence-electron chi connectivity index (χ0n) is 14.1. The summed E-state index contributed by atoms with van der Waals surface area (Å²) in [4.78, 5) is 8.79. The van der Waals surface area contributed by atoms with Crippen molar-refractivity contribution < 1.29 is 0 Å². The van der Waals surface area contributed by atoms with Gasteiger partial charge in [0.15, 0.2) is 0 Å². The molecule has 0 amide bonds. The molecule has 2 N–H and O–H groups in total. The number of benzene rings is 2. The molecule has 4 aromatic rings. The lowest BCUT2D eigenvalue weighted by Gasteiger charge is -2.13. The predicted octanol–water partition coefficient (Wildman–Crippen LogP) is 5.75. The lowest BCUT2D eigenvalue weighted by atomic mass is 10.1. The highest BCUT2D eigenvalue weighted by Gasteiger charge is 2.11. The van der Waals surface area contributed by atoms with Crippen molar-refractivity contribution in [2.75, 3.05) is 10.6 Å². The molecule has 0 radical (unpaired) electrons. The average molecular weight is 416 g/mol. The summed E-state index contributed by atoms with van der Waals surface area (Å²) in [6.45, 7) is 0. The van der Waals surface area contributed by atoms with Gasteiger partial charge in [-0.25, -0.2) is 4.98 Å². The number of fused-ring (bicyclic) bond motifs is 1. The minimum Gasteiger partial charge on any atom is -0.354 e. The fraction of sp³-hybridized carbons (Fsp3) is 0. The van der Waals surface area contributed by atoms with Crippen molar-refractivity contribution in [2.24, 2.45) is 0 Å². The molecule has 4 rings (SSSR count). The maximum Gasteiger partial charge on any atom is 0.131 e. The molecule has 0 bridgehead atoms. The van der Waals surface area contributed by atoms with E-state index in [1.54, 1.807) is 12.4 Å². The van der Waals surface area contributed by atoms with Gasteiger partial charge >= 0.3 is 0 Å². The fourth-order valence-corrected chi connectivity index (χ4v) is 3.16. The van der Waals surface area contributed by atoms with Crippen LogP contribution in [0.2, 0.25) is 0 Å². The molecule has 0 aliphatic heterocycles. The van der Waals surface area contributed by atoms with Crippen LogP contribution in [0.3, 0.4) is 0 Å². The molecule has 5 nitrogen and oxygen atoms in total. The van der Waals surface area contributed by atoms with E-state index in [1.165, 1.54) is 0 Å². The quantitative estimate of drug-likeness (QED) is 0.443. The number of para-hydroxylation sites is 1. The Morgan fingerprint density at radius 2 is 1.67 bits per heavy atom. The number of halogens is 1. The Hall–Kier alpha value is -3.43. The molecule has 2 aromatic carbocycles. The van der Waals surface area contributed by atoms with Gasteiger partial charge in [0.2, 0.25) is 0 Å². The summed E-state index contributed by atoms with van der Waals surface area (Å²) in [5, 5.41) is 17.0. The largest absolute Gasteiger partial charge is 0.354 e. The number of hydrogen-bond acceptors (Lipinski definition) is 5. The third kappa shape index (κ3) is 3.73. The van der Waals surface area contributed by atoms with E-state index in [0.29, 0.717) is 22.6 Å². The monoisotopic (exact) mass is 415 g/mol. The zero-order valence-corrected chi connectivity index (χ0v) is 15.7. The van der Waals surface area contributed by atoms with Crippen molar-refractivity contribution in [2.45, 2.75) is 0 Å². The minimum absolute atomic E-state index is 0.472. The van der Waals surface area contributed by atoms with Gasteiger partial charge in [0.25, 0.3) is 0 Å². The van der Waals surface area contributed by atoms with Gasteiger partial charge in [-0.1, -0.05) is 40.2 Å². The number of nitrogens with one attached hydrogen (secondary N) is 2. The predicted molar refractivity (Wildman–Crippen MR) is 111 cm³/mol. The van der Waals surface area contributed by atoms with Gasteiger partial charge in [0, 0.05) is 27.4 Å². The van der Waals surface area contributed by atoms with Gasteiger partial charge in [0.1, 0.15) is 11.9 Å². The third-order valence-electron chi connectivity index (χ3n) is 4.01. The molecule has 0 fully saturated rings. The van der Waals surface area contributed by atoms with E-state index in [-0.39, 0.29) is 0 Å². The SMILES string of the molecule is N#Cc1cnc2cnc(Nc3ccccc3)cc2c1Nc1cccc(Br)c1. The first-order valence-electron chi connectivity index (χ1n) is 8.26. The molecule has 0 saturated heterocycles. The summed E-state index contributed by atoms with van der Waals surface area (Å²) in [6, 6.07) is 21.7. The first-order chi connectivity index (χ1) is 13.2. The van der Waals surface area contributed by atoms with E-state index in [4.69, 9.17) is 0 Å². The molecular formula is C21H14BrN5. The number of rotatable bonds is 4. The highest BCUT2D eigenvalue weighted by atomic mass is 79.9.